The summed E-state index contributed by atoms with van der Waals surface area (Å²) in [5.41, 5.74) is 1.25. The molecule has 0 aliphatic carbocycles. The zero-order valence-corrected chi connectivity index (χ0v) is 14.6. The van der Waals surface area contributed by atoms with Gasteiger partial charge in [-0.3, -0.25) is 9.78 Å². The van der Waals surface area contributed by atoms with Crippen molar-refractivity contribution in [2.45, 2.75) is 0 Å². The van der Waals surface area contributed by atoms with Gasteiger partial charge < -0.3 is 15.2 Å². The van der Waals surface area contributed by atoms with Crippen LogP contribution in [0.25, 0.3) is 11.3 Å². The standard InChI is InChI=1S/C19H13N5O4/c1-28-17-5-3-12(8-23-17)15-9-22-16(10-21-15)18(25)24-14-4-2-11(7-20)6-13(14)19(26)27/h2-6,8-10H,1H3,(H,24,25)(H,26,27). The summed E-state index contributed by atoms with van der Waals surface area (Å²) in [4.78, 5) is 36.1. The van der Waals surface area contributed by atoms with E-state index in [-0.39, 0.29) is 22.5 Å². The lowest BCUT2D eigenvalue weighted by atomic mass is 10.1. The Bertz CT molecular complexity index is 1070. The van der Waals surface area contributed by atoms with Crippen molar-refractivity contribution in [3.05, 3.63) is 65.7 Å². The molecule has 0 saturated heterocycles. The molecular weight excluding hydrogens is 362 g/mol. The van der Waals surface area contributed by atoms with Gasteiger partial charge in [0, 0.05) is 17.8 Å². The smallest absolute Gasteiger partial charge is 0.337 e. The van der Waals surface area contributed by atoms with Gasteiger partial charge in [0.1, 0.15) is 5.69 Å². The fourth-order valence-corrected chi connectivity index (χ4v) is 2.33. The maximum atomic E-state index is 12.4. The predicted molar refractivity (Wildman–Crippen MR) is 97.9 cm³/mol. The molecule has 1 aromatic carbocycles. The number of ether oxygens (including phenoxy) is 1. The van der Waals surface area contributed by atoms with E-state index in [1.54, 1.807) is 18.3 Å². The highest BCUT2D eigenvalue weighted by molar-refractivity contribution is 6.06. The molecule has 3 aromatic rings. The largest absolute Gasteiger partial charge is 0.481 e. The number of nitrogens with one attached hydrogen (secondary N) is 1. The maximum Gasteiger partial charge on any atom is 0.337 e. The topological polar surface area (TPSA) is 138 Å². The Labute approximate surface area is 159 Å². The first-order chi connectivity index (χ1) is 13.5. The Morgan fingerprint density at radius 2 is 1.93 bits per heavy atom. The number of hydrogen-bond acceptors (Lipinski definition) is 7. The number of carboxylic acids is 1. The van der Waals surface area contributed by atoms with Crippen LogP contribution in [0.4, 0.5) is 5.69 Å². The normalized spacial score (nSPS) is 10.0. The third kappa shape index (κ3) is 3.91. The minimum atomic E-state index is -1.26. The lowest BCUT2D eigenvalue weighted by Crippen LogP contribution is -2.16. The summed E-state index contributed by atoms with van der Waals surface area (Å²) in [6.07, 6.45) is 4.26. The van der Waals surface area contributed by atoms with Gasteiger partial charge in [-0.15, -0.1) is 0 Å². The van der Waals surface area contributed by atoms with E-state index in [1.165, 1.54) is 37.7 Å². The Balaban J connectivity index is 1.80. The molecule has 0 aliphatic heterocycles. The van der Waals surface area contributed by atoms with Crippen molar-refractivity contribution in [1.82, 2.24) is 15.0 Å². The summed E-state index contributed by atoms with van der Waals surface area (Å²) in [5.74, 6) is -1.43. The molecule has 9 heteroatoms. The molecule has 1 amide bonds. The van der Waals surface area contributed by atoms with E-state index in [9.17, 15) is 14.7 Å². The van der Waals surface area contributed by atoms with Crippen molar-refractivity contribution in [3.8, 4) is 23.2 Å². The van der Waals surface area contributed by atoms with Crippen LogP contribution < -0.4 is 10.1 Å². The third-order valence-corrected chi connectivity index (χ3v) is 3.75. The molecule has 0 bridgehead atoms. The summed E-state index contributed by atoms with van der Waals surface area (Å²) in [6.45, 7) is 0. The average molecular weight is 375 g/mol. The van der Waals surface area contributed by atoms with Gasteiger partial charge in [0.2, 0.25) is 5.88 Å². The van der Waals surface area contributed by atoms with Crippen molar-refractivity contribution in [3.63, 3.8) is 0 Å². The number of anilines is 1. The summed E-state index contributed by atoms with van der Waals surface area (Å²) in [7, 11) is 1.51. The number of methoxy groups -OCH3 is 1. The van der Waals surface area contributed by atoms with E-state index in [0.29, 0.717) is 17.1 Å². The van der Waals surface area contributed by atoms with Crippen LogP contribution in [0.2, 0.25) is 0 Å². The van der Waals surface area contributed by atoms with Gasteiger partial charge >= 0.3 is 5.97 Å². The van der Waals surface area contributed by atoms with Gasteiger partial charge in [-0.25, -0.2) is 14.8 Å². The Hall–Kier alpha value is -4.32. The first kappa shape index (κ1) is 18.5. The van der Waals surface area contributed by atoms with Crippen molar-refractivity contribution in [2.75, 3.05) is 12.4 Å². The number of hydrogen-bond donors (Lipinski definition) is 2. The number of aromatic carboxylic acids is 1. The van der Waals surface area contributed by atoms with Crippen LogP contribution in [-0.2, 0) is 0 Å². The monoisotopic (exact) mass is 375 g/mol. The van der Waals surface area contributed by atoms with Gasteiger partial charge in [0.25, 0.3) is 5.91 Å². The maximum absolute atomic E-state index is 12.4. The molecule has 0 spiro atoms. The molecular formula is C19H13N5O4. The zero-order valence-electron chi connectivity index (χ0n) is 14.6. The number of carbonyl (C=O) groups is 2. The summed E-state index contributed by atoms with van der Waals surface area (Å²) < 4.78 is 4.99. The van der Waals surface area contributed by atoms with Crippen molar-refractivity contribution in [1.29, 1.82) is 5.26 Å². The number of benzene rings is 1. The Kier molecular flexibility index (Phi) is 5.23. The van der Waals surface area contributed by atoms with Crippen molar-refractivity contribution < 1.29 is 19.4 Å². The molecule has 0 radical (unpaired) electrons. The van der Waals surface area contributed by atoms with Crippen LogP contribution in [0.15, 0.2) is 48.9 Å². The fourth-order valence-electron chi connectivity index (χ4n) is 2.33. The molecule has 0 unspecified atom stereocenters. The Morgan fingerprint density at radius 1 is 1.11 bits per heavy atom. The molecule has 9 nitrogen and oxygen atoms in total. The van der Waals surface area contributed by atoms with Crippen LogP contribution in [0.5, 0.6) is 5.88 Å². The Morgan fingerprint density at radius 3 is 2.50 bits per heavy atom. The lowest BCUT2D eigenvalue weighted by Gasteiger charge is -2.08. The number of nitriles is 1. The fraction of sp³-hybridized carbons (Fsp3) is 0.0526. The molecule has 2 aromatic heterocycles. The SMILES string of the molecule is COc1ccc(-c2cnc(C(=O)Nc3ccc(C#N)cc3C(=O)O)cn2)cn1. The number of aromatic nitrogens is 3. The van der Waals surface area contributed by atoms with Gasteiger partial charge in [0.15, 0.2) is 0 Å². The minimum absolute atomic E-state index is 0.00548. The highest BCUT2D eigenvalue weighted by Crippen LogP contribution is 2.20. The average Bonchev–Trinajstić information content (AvgIpc) is 2.74. The van der Waals surface area contributed by atoms with E-state index >= 15 is 0 Å². The highest BCUT2D eigenvalue weighted by atomic mass is 16.5. The van der Waals surface area contributed by atoms with Gasteiger partial charge in [-0.2, -0.15) is 5.26 Å². The second kappa shape index (κ2) is 7.92. The number of pyridine rings is 1. The van der Waals surface area contributed by atoms with E-state index in [0.717, 1.165) is 0 Å². The summed E-state index contributed by atoms with van der Waals surface area (Å²) >= 11 is 0. The van der Waals surface area contributed by atoms with Crippen molar-refractivity contribution >= 4 is 17.6 Å². The molecule has 0 fully saturated rings. The second-order valence-corrected chi connectivity index (χ2v) is 5.51. The minimum Gasteiger partial charge on any atom is -0.481 e. The van der Waals surface area contributed by atoms with Gasteiger partial charge in [0.05, 0.1) is 48.1 Å². The second-order valence-electron chi connectivity index (χ2n) is 5.51. The van der Waals surface area contributed by atoms with Crippen LogP contribution in [0, 0.1) is 11.3 Å². The van der Waals surface area contributed by atoms with E-state index in [1.807, 2.05) is 6.07 Å². The molecule has 0 aliphatic rings. The number of rotatable bonds is 5. The third-order valence-electron chi connectivity index (χ3n) is 3.75. The molecule has 0 atom stereocenters. The van der Waals surface area contributed by atoms with Crippen LogP contribution in [0.1, 0.15) is 26.4 Å². The van der Waals surface area contributed by atoms with Crippen LogP contribution in [0.3, 0.4) is 0 Å². The molecule has 2 heterocycles. The molecule has 2 N–H and O–H groups in total. The molecule has 3 rings (SSSR count). The number of nitrogens with zero attached hydrogens (tertiary/aromatic N) is 4. The number of carbonyl (C=O) groups excluding carboxylic acids is 1. The predicted octanol–water partition coefficient (Wildman–Crippen LogP) is 2.37. The van der Waals surface area contributed by atoms with Gasteiger partial charge in [-0.1, -0.05) is 0 Å². The van der Waals surface area contributed by atoms with E-state index < -0.39 is 11.9 Å². The van der Waals surface area contributed by atoms with E-state index in [4.69, 9.17) is 10.00 Å². The van der Waals surface area contributed by atoms with E-state index in [2.05, 4.69) is 20.3 Å². The van der Waals surface area contributed by atoms with Crippen molar-refractivity contribution in [2.24, 2.45) is 0 Å². The summed E-state index contributed by atoms with van der Waals surface area (Å²) in [6, 6.07) is 9.23. The number of carboxylic acid groups (broad SMARTS) is 1. The zero-order chi connectivity index (χ0) is 20.1. The quantitative estimate of drug-likeness (QED) is 0.693. The first-order valence-corrected chi connectivity index (χ1v) is 7.93. The molecule has 138 valence electrons. The van der Waals surface area contributed by atoms with Gasteiger partial charge in [-0.05, 0) is 24.3 Å². The molecule has 28 heavy (non-hydrogen) atoms. The first-order valence-electron chi connectivity index (χ1n) is 7.93. The highest BCUT2D eigenvalue weighted by Gasteiger charge is 2.16. The number of amides is 1. The van der Waals surface area contributed by atoms with Crippen LogP contribution in [-0.4, -0.2) is 39.0 Å². The summed E-state index contributed by atoms with van der Waals surface area (Å²) in [5, 5.41) is 20.6. The molecule has 0 saturated carbocycles. The van der Waals surface area contributed by atoms with Crippen LogP contribution >= 0.6 is 0 Å². The lowest BCUT2D eigenvalue weighted by molar-refractivity contribution is 0.0698.